The van der Waals surface area contributed by atoms with Crippen LogP contribution in [0.15, 0.2) is 33.6 Å². The number of rotatable bonds is 2. The topological polar surface area (TPSA) is 96.0 Å². The van der Waals surface area contributed by atoms with Gasteiger partial charge in [-0.3, -0.25) is 4.90 Å². The Morgan fingerprint density at radius 2 is 1.58 bits per heavy atom. The number of piperazine rings is 2. The molecule has 172 valence electrons. The molecule has 0 unspecified atom stereocenters. The van der Waals surface area contributed by atoms with Crippen LogP contribution in [0, 0.1) is 0 Å². The van der Waals surface area contributed by atoms with E-state index in [0.29, 0.717) is 26.2 Å². The second-order valence-electron chi connectivity index (χ2n) is 8.77. The minimum Gasteiger partial charge on any atom is -0.414 e. The number of carbonyl (C=O) groups excluding carboxylic acids is 2. The van der Waals surface area contributed by atoms with Gasteiger partial charge in [-0.25, -0.2) is 13.2 Å². The number of hydrogen-bond donors (Lipinski definition) is 1. The number of benzene rings is 1. The Morgan fingerprint density at radius 3 is 2.10 bits per heavy atom. The number of imide groups is 1. The molecule has 9 nitrogen and oxygen atoms in total. The van der Waals surface area contributed by atoms with Gasteiger partial charge in [0, 0.05) is 43.7 Å². The zero-order chi connectivity index (χ0) is 22.9. The fraction of sp³-hybridized carbons (Fsp3) is 0.600. The third-order valence-corrected chi connectivity index (χ3v) is 7.85. The molecule has 0 aromatic heterocycles. The maximum Gasteiger partial charge on any atom is 0.525 e. The van der Waals surface area contributed by atoms with Gasteiger partial charge >= 0.3 is 12.1 Å². The van der Waals surface area contributed by atoms with Crippen LogP contribution in [-0.2, 0) is 14.8 Å². The van der Waals surface area contributed by atoms with Crippen molar-refractivity contribution in [3.63, 3.8) is 0 Å². The highest BCUT2D eigenvalue weighted by atomic mass is 79.9. The van der Waals surface area contributed by atoms with Gasteiger partial charge in [0.2, 0.25) is 10.0 Å². The molecule has 3 rings (SSSR count). The van der Waals surface area contributed by atoms with Crippen molar-refractivity contribution >= 4 is 38.1 Å². The predicted molar refractivity (Wildman–Crippen MR) is 119 cm³/mol. The van der Waals surface area contributed by atoms with Crippen LogP contribution in [0.5, 0.6) is 0 Å². The van der Waals surface area contributed by atoms with Crippen LogP contribution < -0.4 is 5.32 Å². The normalized spacial score (nSPS) is 20.3. The smallest absolute Gasteiger partial charge is 0.414 e. The molecule has 2 heterocycles. The van der Waals surface area contributed by atoms with Gasteiger partial charge in [-0.2, -0.15) is 9.10 Å². The summed E-state index contributed by atoms with van der Waals surface area (Å²) in [6, 6.07) is 6.16. The van der Waals surface area contributed by atoms with Gasteiger partial charge in [0.1, 0.15) is 18.7 Å². The van der Waals surface area contributed by atoms with Crippen LogP contribution in [0.3, 0.4) is 0 Å². The summed E-state index contributed by atoms with van der Waals surface area (Å²) in [5, 5.41) is 3.18. The van der Waals surface area contributed by atoms with Crippen LogP contribution in [-0.4, -0.2) is 92.2 Å². The number of nitrogens with zero attached hydrogens (tertiary/aromatic N) is 3. The fourth-order valence-corrected chi connectivity index (χ4v) is 5.41. The van der Waals surface area contributed by atoms with E-state index in [4.69, 9.17) is 4.74 Å². The minimum absolute atomic E-state index is 0.177. The van der Waals surface area contributed by atoms with Gasteiger partial charge in [0.15, 0.2) is 0 Å². The monoisotopic (exact) mass is 517 g/mol. The molecule has 1 aromatic carbocycles. The van der Waals surface area contributed by atoms with Gasteiger partial charge in [-0.1, -0.05) is 15.9 Å². The van der Waals surface area contributed by atoms with Crippen molar-refractivity contribution in [2.45, 2.75) is 31.3 Å². The molecule has 0 atom stereocenters. The van der Waals surface area contributed by atoms with Gasteiger partial charge in [0.25, 0.3) is 0 Å². The standard InChI is InChI=1S/C20H30BrN4O5S/c1-20(2,3)30-19(27)25(14-8-22-9-15-25)18(26)23-10-12-24(13-11-23)31(28,29)17-6-4-16(21)5-7-17/h4-7,22H,8-15H2,1-3H3/q+1. The van der Waals surface area contributed by atoms with Crippen LogP contribution >= 0.6 is 15.9 Å². The first-order valence-corrected chi connectivity index (χ1v) is 12.6. The first-order valence-electron chi connectivity index (χ1n) is 10.3. The first-order chi connectivity index (χ1) is 14.5. The lowest BCUT2D eigenvalue weighted by molar-refractivity contribution is -0.784. The molecular weight excluding hydrogens is 488 g/mol. The second-order valence-corrected chi connectivity index (χ2v) is 11.6. The lowest BCUT2D eigenvalue weighted by Gasteiger charge is -2.41. The highest BCUT2D eigenvalue weighted by Crippen LogP contribution is 2.24. The Labute approximate surface area is 192 Å². The number of ether oxygens (including phenoxy) is 1. The Bertz CT molecular complexity index is 916. The Balaban J connectivity index is 1.73. The first kappa shape index (κ1) is 24.1. The highest BCUT2D eigenvalue weighted by Gasteiger charge is 2.52. The summed E-state index contributed by atoms with van der Waals surface area (Å²) in [5.74, 6) is 0. The number of halogens is 1. The SMILES string of the molecule is CC(C)(C)OC(=O)[N+]1(C(=O)N2CCN(S(=O)(=O)c3ccc(Br)cc3)CC2)CCNCC1. The van der Waals surface area contributed by atoms with Crippen LogP contribution in [0.25, 0.3) is 0 Å². The molecule has 3 amide bonds. The quantitative estimate of drug-likeness (QED) is 0.604. The van der Waals surface area contributed by atoms with E-state index in [-0.39, 0.29) is 37.1 Å². The molecule has 2 saturated heterocycles. The van der Waals surface area contributed by atoms with Gasteiger partial charge in [-0.05, 0) is 45.0 Å². The number of urea groups is 1. The van der Waals surface area contributed by atoms with Gasteiger partial charge < -0.3 is 10.1 Å². The molecule has 31 heavy (non-hydrogen) atoms. The van der Waals surface area contributed by atoms with Crippen molar-refractivity contribution in [1.29, 1.82) is 0 Å². The summed E-state index contributed by atoms with van der Waals surface area (Å²) in [6.45, 7) is 7.82. The summed E-state index contributed by atoms with van der Waals surface area (Å²) in [5.41, 5.74) is -0.703. The average molecular weight is 518 g/mol. The van der Waals surface area contributed by atoms with Crippen molar-refractivity contribution in [2.75, 3.05) is 52.4 Å². The molecule has 2 fully saturated rings. The van der Waals surface area contributed by atoms with E-state index >= 15 is 0 Å². The predicted octanol–water partition coefficient (Wildman–Crippen LogP) is 2.23. The molecule has 2 aliphatic heterocycles. The summed E-state index contributed by atoms with van der Waals surface area (Å²) >= 11 is 3.31. The molecule has 0 saturated carbocycles. The summed E-state index contributed by atoms with van der Waals surface area (Å²) < 4.78 is 33.2. The summed E-state index contributed by atoms with van der Waals surface area (Å²) in [7, 11) is -3.64. The molecule has 1 N–H and O–H groups in total. The van der Waals surface area contributed by atoms with Crippen molar-refractivity contribution in [3.8, 4) is 0 Å². The Kier molecular flexibility index (Phi) is 7.11. The third-order valence-electron chi connectivity index (χ3n) is 5.41. The number of sulfonamides is 1. The van der Waals surface area contributed by atoms with E-state index in [0.717, 1.165) is 4.47 Å². The molecule has 2 aliphatic rings. The van der Waals surface area contributed by atoms with Crippen LogP contribution in [0.4, 0.5) is 9.59 Å². The van der Waals surface area contributed by atoms with E-state index in [2.05, 4.69) is 21.2 Å². The zero-order valence-corrected chi connectivity index (χ0v) is 20.5. The molecule has 0 spiro atoms. The van der Waals surface area contributed by atoms with E-state index in [1.54, 1.807) is 49.9 Å². The van der Waals surface area contributed by atoms with Crippen molar-refractivity contribution < 1.29 is 27.2 Å². The number of hydrogen-bond acceptors (Lipinski definition) is 6. The maximum atomic E-state index is 13.5. The molecular formula is C20H30BrN4O5S+. The van der Waals surface area contributed by atoms with Crippen molar-refractivity contribution in [2.24, 2.45) is 0 Å². The number of carbonyl (C=O) groups is 2. The highest BCUT2D eigenvalue weighted by molar-refractivity contribution is 9.10. The molecule has 0 aliphatic carbocycles. The van der Waals surface area contributed by atoms with Crippen molar-refractivity contribution in [1.82, 2.24) is 14.5 Å². The third kappa shape index (κ3) is 5.28. The van der Waals surface area contributed by atoms with Crippen LogP contribution in [0.2, 0.25) is 0 Å². The Morgan fingerprint density at radius 1 is 1.03 bits per heavy atom. The molecule has 11 heteroatoms. The van der Waals surface area contributed by atoms with Gasteiger partial charge in [0.05, 0.1) is 4.90 Å². The zero-order valence-electron chi connectivity index (χ0n) is 18.1. The lowest BCUT2D eigenvalue weighted by atomic mass is 10.2. The number of quaternary nitrogens is 1. The average Bonchev–Trinajstić information content (AvgIpc) is 2.73. The summed E-state index contributed by atoms with van der Waals surface area (Å²) in [4.78, 5) is 28.3. The molecule has 0 radical (unpaired) electrons. The lowest BCUT2D eigenvalue weighted by Crippen LogP contribution is -2.69. The molecule has 1 aromatic rings. The number of nitrogens with one attached hydrogen (secondary N) is 1. The van der Waals surface area contributed by atoms with E-state index < -0.39 is 26.2 Å². The minimum atomic E-state index is -3.64. The second kappa shape index (κ2) is 9.14. The van der Waals surface area contributed by atoms with E-state index in [1.165, 1.54) is 4.31 Å². The van der Waals surface area contributed by atoms with Crippen molar-refractivity contribution in [3.05, 3.63) is 28.7 Å². The van der Waals surface area contributed by atoms with Gasteiger partial charge in [-0.15, -0.1) is 4.48 Å². The van der Waals surface area contributed by atoms with Crippen LogP contribution in [0.1, 0.15) is 20.8 Å². The maximum absolute atomic E-state index is 13.5. The summed E-state index contributed by atoms with van der Waals surface area (Å²) in [6.07, 6.45) is -0.552. The van der Waals surface area contributed by atoms with E-state index in [1.807, 2.05) is 0 Å². The van der Waals surface area contributed by atoms with E-state index in [9.17, 15) is 18.0 Å². The Hall–Kier alpha value is -1.53. The largest absolute Gasteiger partial charge is 0.525 e. The number of amides is 3. The fourth-order valence-electron chi connectivity index (χ4n) is 3.72. The molecule has 0 bridgehead atoms.